The summed E-state index contributed by atoms with van der Waals surface area (Å²) < 4.78 is 5.59. The van der Waals surface area contributed by atoms with Gasteiger partial charge in [0.2, 0.25) is 0 Å². The van der Waals surface area contributed by atoms with Crippen LogP contribution in [-0.4, -0.2) is 12.6 Å². The lowest BCUT2D eigenvalue weighted by Gasteiger charge is -2.14. The van der Waals surface area contributed by atoms with E-state index < -0.39 is 0 Å². The smallest absolute Gasteiger partial charge is 0.122 e. The molecule has 0 spiro atoms. The van der Waals surface area contributed by atoms with Gasteiger partial charge in [0, 0.05) is 6.04 Å². The zero-order valence-corrected chi connectivity index (χ0v) is 11.5. The Bertz CT molecular complexity index is 360. The monoisotopic (exact) mass is 235 g/mol. The lowest BCUT2D eigenvalue weighted by Crippen LogP contribution is -2.19. The van der Waals surface area contributed by atoms with Crippen molar-refractivity contribution in [2.75, 3.05) is 6.61 Å². The predicted octanol–water partition coefficient (Wildman–Crippen LogP) is 3.37. The van der Waals surface area contributed by atoms with Gasteiger partial charge >= 0.3 is 0 Å². The molecular formula is C15H25NO. The van der Waals surface area contributed by atoms with E-state index in [1.165, 1.54) is 16.7 Å². The highest BCUT2D eigenvalue weighted by molar-refractivity contribution is 5.41. The molecule has 0 heterocycles. The van der Waals surface area contributed by atoms with Crippen molar-refractivity contribution in [3.8, 4) is 5.75 Å². The van der Waals surface area contributed by atoms with Crippen molar-refractivity contribution < 1.29 is 4.74 Å². The molecule has 0 aliphatic carbocycles. The van der Waals surface area contributed by atoms with Crippen molar-refractivity contribution in [1.82, 2.24) is 0 Å². The van der Waals surface area contributed by atoms with E-state index in [0.717, 1.165) is 31.6 Å². The first-order chi connectivity index (χ1) is 8.08. The summed E-state index contributed by atoms with van der Waals surface area (Å²) in [6.07, 6.45) is 3.17. The summed E-state index contributed by atoms with van der Waals surface area (Å²) in [6.45, 7) is 9.13. The first-order valence-corrected chi connectivity index (χ1v) is 6.57. The largest absolute Gasteiger partial charge is 0.494 e. The Balaban J connectivity index is 2.77. The average molecular weight is 235 g/mol. The fraction of sp³-hybridized carbons (Fsp3) is 0.600. The van der Waals surface area contributed by atoms with Crippen molar-refractivity contribution in [3.63, 3.8) is 0 Å². The van der Waals surface area contributed by atoms with Crippen LogP contribution in [0.2, 0.25) is 0 Å². The molecule has 0 saturated carbocycles. The molecule has 0 amide bonds. The van der Waals surface area contributed by atoms with Crippen LogP contribution in [0.5, 0.6) is 5.75 Å². The Morgan fingerprint density at radius 3 is 2.47 bits per heavy atom. The summed E-state index contributed by atoms with van der Waals surface area (Å²) in [5, 5.41) is 0. The van der Waals surface area contributed by atoms with E-state index >= 15 is 0 Å². The van der Waals surface area contributed by atoms with Crippen LogP contribution >= 0.6 is 0 Å². The van der Waals surface area contributed by atoms with E-state index in [-0.39, 0.29) is 0 Å². The van der Waals surface area contributed by atoms with Crippen molar-refractivity contribution in [1.29, 1.82) is 0 Å². The Labute approximate surface area is 105 Å². The third-order valence-corrected chi connectivity index (χ3v) is 3.24. The number of benzene rings is 1. The van der Waals surface area contributed by atoms with Crippen molar-refractivity contribution in [2.45, 2.75) is 53.0 Å². The van der Waals surface area contributed by atoms with Gasteiger partial charge in [-0.25, -0.2) is 0 Å². The molecule has 0 aliphatic rings. The van der Waals surface area contributed by atoms with Crippen LogP contribution in [0.3, 0.4) is 0 Å². The maximum Gasteiger partial charge on any atom is 0.122 e. The summed E-state index contributed by atoms with van der Waals surface area (Å²) in [7, 11) is 0. The van der Waals surface area contributed by atoms with Crippen molar-refractivity contribution in [2.24, 2.45) is 5.73 Å². The number of ether oxygens (including phenoxy) is 1. The van der Waals surface area contributed by atoms with Crippen LogP contribution in [0, 0.1) is 13.8 Å². The summed E-state index contributed by atoms with van der Waals surface area (Å²) in [6, 6.07) is 4.70. The molecule has 0 fully saturated rings. The van der Waals surface area contributed by atoms with Crippen molar-refractivity contribution in [3.05, 3.63) is 28.8 Å². The highest BCUT2D eigenvalue weighted by Crippen LogP contribution is 2.24. The topological polar surface area (TPSA) is 35.2 Å². The molecule has 0 aliphatic heterocycles. The third kappa shape index (κ3) is 4.04. The molecule has 1 aromatic rings. The number of nitrogens with two attached hydrogens (primary N) is 1. The minimum Gasteiger partial charge on any atom is -0.494 e. The third-order valence-electron chi connectivity index (χ3n) is 3.24. The molecule has 0 aromatic heterocycles. The van der Waals surface area contributed by atoms with Gasteiger partial charge in [-0.2, -0.15) is 0 Å². The molecule has 1 rings (SSSR count). The van der Waals surface area contributed by atoms with E-state index in [4.69, 9.17) is 10.5 Å². The molecule has 17 heavy (non-hydrogen) atoms. The second-order valence-electron chi connectivity index (χ2n) is 4.68. The van der Waals surface area contributed by atoms with Gasteiger partial charge in [-0.05, 0) is 62.8 Å². The molecule has 0 bridgehead atoms. The lowest BCUT2D eigenvalue weighted by atomic mass is 9.98. The quantitative estimate of drug-likeness (QED) is 0.820. The van der Waals surface area contributed by atoms with Crippen LogP contribution < -0.4 is 10.5 Å². The van der Waals surface area contributed by atoms with Gasteiger partial charge in [0.15, 0.2) is 0 Å². The van der Waals surface area contributed by atoms with Gasteiger partial charge in [-0.15, -0.1) is 0 Å². The normalized spacial score (nSPS) is 12.5. The minimum absolute atomic E-state index is 0.321. The standard InChI is InChI=1S/C15H25NO/c1-5-14(16)8-7-13-9-12(4)15(17-6-2)10-11(13)3/h9-10,14H,5-8,16H2,1-4H3. The fourth-order valence-corrected chi connectivity index (χ4v) is 1.97. The second-order valence-corrected chi connectivity index (χ2v) is 4.68. The van der Waals surface area contributed by atoms with Crippen LogP contribution in [0.4, 0.5) is 0 Å². The summed E-state index contributed by atoms with van der Waals surface area (Å²) >= 11 is 0. The van der Waals surface area contributed by atoms with E-state index in [1.807, 2.05) is 6.92 Å². The van der Waals surface area contributed by atoms with Crippen LogP contribution in [0.15, 0.2) is 12.1 Å². The zero-order valence-electron chi connectivity index (χ0n) is 11.5. The maximum absolute atomic E-state index is 5.96. The molecule has 2 N–H and O–H groups in total. The van der Waals surface area contributed by atoms with Gasteiger partial charge < -0.3 is 10.5 Å². The maximum atomic E-state index is 5.96. The Morgan fingerprint density at radius 1 is 1.18 bits per heavy atom. The van der Waals surface area contributed by atoms with Gasteiger partial charge in [0.1, 0.15) is 5.75 Å². The zero-order chi connectivity index (χ0) is 12.8. The van der Waals surface area contributed by atoms with Gasteiger partial charge in [-0.1, -0.05) is 13.0 Å². The Morgan fingerprint density at radius 2 is 1.88 bits per heavy atom. The van der Waals surface area contributed by atoms with E-state index in [1.54, 1.807) is 0 Å². The minimum atomic E-state index is 0.321. The molecular weight excluding hydrogens is 210 g/mol. The molecule has 2 nitrogen and oxygen atoms in total. The first kappa shape index (κ1) is 14.0. The van der Waals surface area contributed by atoms with Gasteiger partial charge in [0.25, 0.3) is 0 Å². The Kier molecular flexibility index (Phi) is 5.49. The Hall–Kier alpha value is -1.02. The van der Waals surface area contributed by atoms with Crippen LogP contribution in [0.25, 0.3) is 0 Å². The summed E-state index contributed by atoms with van der Waals surface area (Å²) in [5.74, 6) is 1.01. The molecule has 1 atom stereocenters. The SMILES string of the molecule is CCOc1cc(C)c(CCC(N)CC)cc1C. The van der Waals surface area contributed by atoms with E-state index in [0.29, 0.717) is 6.04 Å². The predicted molar refractivity (Wildman–Crippen MR) is 73.7 cm³/mol. The summed E-state index contributed by atoms with van der Waals surface area (Å²) in [5.41, 5.74) is 9.89. The molecule has 96 valence electrons. The molecule has 0 saturated heterocycles. The summed E-state index contributed by atoms with van der Waals surface area (Å²) in [4.78, 5) is 0. The lowest BCUT2D eigenvalue weighted by molar-refractivity contribution is 0.337. The van der Waals surface area contributed by atoms with E-state index in [9.17, 15) is 0 Å². The number of aryl methyl sites for hydroxylation is 3. The molecule has 1 aromatic carbocycles. The van der Waals surface area contributed by atoms with E-state index in [2.05, 4.69) is 32.9 Å². The van der Waals surface area contributed by atoms with Gasteiger partial charge in [-0.3, -0.25) is 0 Å². The van der Waals surface area contributed by atoms with Gasteiger partial charge in [0.05, 0.1) is 6.61 Å². The van der Waals surface area contributed by atoms with Crippen LogP contribution in [-0.2, 0) is 6.42 Å². The fourth-order valence-electron chi connectivity index (χ4n) is 1.97. The second kappa shape index (κ2) is 6.65. The highest BCUT2D eigenvalue weighted by Gasteiger charge is 2.07. The molecule has 1 unspecified atom stereocenters. The number of rotatable bonds is 6. The first-order valence-electron chi connectivity index (χ1n) is 6.57. The van der Waals surface area contributed by atoms with Crippen molar-refractivity contribution >= 4 is 0 Å². The number of hydrogen-bond acceptors (Lipinski definition) is 2. The molecule has 0 radical (unpaired) electrons. The molecule has 2 heteroatoms. The highest BCUT2D eigenvalue weighted by atomic mass is 16.5. The van der Waals surface area contributed by atoms with Crippen LogP contribution in [0.1, 0.15) is 43.4 Å². The number of hydrogen-bond donors (Lipinski definition) is 1. The average Bonchev–Trinajstić information content (AvgIpc) is 2.31.